The van der Waals surface area contributed by atoms with Gasteiger partial charge in [-0.1, -0.05) is 12.8 Å². The molecule has 29 heavy (non-hydrogen) atoms. The summed E-state index contributed by atoms with van der Waals surface area (Å²) in [6, 6.07) is 8.68. The second kappa shape index (κ2) is 7.51. The Morgan fingerprint density at radius 3 is 2.66 bits per heavy atom. The van der Waals surface area contributed by atoms with Gasteiger partial charge in [0.15, 0.2) is 0 Å². The smallest absolute Gasteiger partial charge is 0.323 e. The van der Waals surface area contributed by atoms with Gasteiger partial charge in [0, 0.05) is 54.9 Å². The second-order valence-corrected chi connectivity index (χ2v) is 8.18. The lowest BCUT2D eigenvalue weighted by molar-refractivity contribution is 0.241. The molecule has 2 aromatic rings. The standard InChI is InChI=1S/C21H27N7O/c22-15-9-10-27(13-15)17-7-5-16(6-8-17)25-20-23-11-14-12-24-21(29)28(19(14)26-20)18-3-1-2-4-18/h5-8,11,15,18H,1-4,9-10,12-13,22H2,(H,24,29)(H,23,25,26). The molecule has 1 unspecified atom stereocenters. The molecule has 1 atom stereocenters. The molecule has 1 aromatic carbocycles. The Morgan fingerprint density at radius 1 is 1.14 bits per heavy atom. The summed E-state index contributed by atoms with van der Waals surface area (Å²) in [6.45, 7) is 2.38. The summed E-state index contributed by atoms with van der Waals surface area (Å²) in [6.07, 6.45) is 7.23. The molecule has 1 aliphatic carbocycles. The molecule has 0 spiro atoms. The third-order valence-electron chi connectivity index (χ3n) is 6.12. The van der Waals surface area contributed by atoms with Gasteiger partial charge >= 0.3 is 6.03 Å². The zero-order chi connectivity index (χ0) is 19.8. The van der Waals surface area contributed by atoms with E-state index in [0.29, 0.717) is 12.5 Å². The molecule has 8 nitrogen and oxygen atoms in total. The minimum absolute atomic E-state index is 0.0535. The Labute approximate surface area is 170 Å². The highest BCUT2D eigenvalue weighted by Crippen LogP contribution is 2.32. The van der Waals surface area contributed by atoms with E-state index in [0.717, 1.165) is 62.3 Å². The van der Waals surface area contributed by atoms with Gasteiger partial charge in [-0.2, -0.15) is 4.98 Å². The molecule has 2 amide bonds. The first-order valence-corrected chi connectivity index (χ1v) is 10.5. The average Bonchev–Trinajstić information content (AvgIpc) is 3.40. The van der Waals surface area contributed by atoms with Gasteiger partial charge in [-0.3, -0.25) is 4.90 Å². The van der Waals surface area contributed by atoms with Crippen molar-refractivity contribution in [2.75, 3.05) is 28.2 Å². The number of benzene rings is 1. The predicted octanol–water partition coefficient (Wildman–Crippen LogP) is 2.73. The van der Waals surface area contributed by atoms with Gasteiger partial charge in [0.1, 0.15) is 5.82 Å². The summed E-state index contributed by atoms with van der Waals surface area (Å²) in [5.74, 6) is 1.25. The van der Waals surface area contributed by atoms with Crippen molar-refractivity contribution in [3.8, 4) is 0 Å². The lowest BCUT2D eigenvalue weighted by atomic mass is 10.1. The van der Waals surface area contributed by atoms with E-state index >= 15 is 0 Å². The van der Waals surface area contributed by atoms with Crippen molar-refractivity contribution in [1.82, 2.24) is 15.3 Å². The molecule has 1 saturated carbocycles. The van der Waals surface area contributed by atoms with Crippen LogP contribution in [0.15, 0.2) is 30.5 Å². The van der Waals surface area contributed by atoms with Crippen molar-refractivity contribution in [2.45, 2.75) is 50.7 Å². The highest BCUT2D eigenvalue weighted by atomic mass is 16.2. The van der Waals surface area contributed by atoms with Crippen LogP contribution in [-0.4, -0.2) is 41.2 Å². The van der Waals surface area contributed by atoms with Gasteiger partial charge < -0.3 is 21.3 Å². The fourth-order valence-electron chi connectivity index (χ4n) is 4.55. The molecule has 5 rings (SSSR count). The van der Waals surface area contributed by atoms with Crippen LogP contribution in [0.5, 0.6) is 0 Å². The first-order valence-electron chi connectivity index (χ1n) is 10.5. The Bertz CT molecular complexity index is 894. The van der Waals surface area contributed by atoms with Crippen molar-refractivity contribution in [3.05, 3.63) is 36.0 Å². The van der Waals surface area contributed by atoms with E-state index in [2.05, 4.69) is 32.7 Å². The van der Waals surface area contributed by atoms with Gasteiger partial charge in [0.05, 0.1) is 0 Å². The van der Waals surface area contributed by atoms with Crippen molar-refractivity contribution < 1.29 is 4.79 Å². The van der Waals surface area contributed by atoms with Gasteiger partial charge in [0.25, 0.3) is 0 Å². The van der Waals surface area contributed by atoms with E-state index in [1.54, 1.807) is 0 Å². The summed E-state index contributed by atoms with van der Waals surface area (Å²) < 4.78 is 0. The van der Waals surface area contributed by atoms with Crippen molar-refractivity contribution in [3.63, 3.8) is 0 Å². The molecule has 1 aromatic heterocycles. The van der Waals surface area contributed by atoms with E-state index in [1.165, 1.54) is 5.69 Å². The van der Waals surface area contributed by atoms with Gasteiger partial charge in [-0.05, 0) is 43.5 Å². The molecule has 2 fully saturated rings. The number of nitrogens with zero attached hydrogens (tertiary/aromatic N) is 4. The summed E-state index contributed by atoms with van der Waals surface area (Å²) >= 11 is 0. The van der Waals surface area contributed by atoms with E-state index in [1.807, 2.05) is 23.2 Å². The van der Waals surface area contributed by atoms with Crippen LogP contribution < -0.4 is 26.2 Å². The summed E-state index contributed by atoms with van der Waals surface area (Å²) in [7, 11) is 0. The van der Waals surface area contributed by atoms with E-state index in [4.69, 9.17) is 10.7 Å². The third kappa shape index (κ3) is 3.60. The quantitative estimate of drug-likeness (QED) is 0.739. The number of urea groups is 1. The van der Waals surface area contributed by atoms with E-state index < -0.39 is 0 Å². The van der Waals surface area contributed by atoms with Gasteiger partial charge in [0.2, 0.25) is 5.95 Å². The SMILES string of the molecule is NC1CCN(c2ccc(Nc3ncc4c(n3)N(C3CCCC3)C(=O)NC4)cc2)C1. The van der Waals surface area contributed by atoms with Gasteiger partial charge in [-0.15, -0.1) is 0 Å². The third-order valence-corrected chi connectivity index (χ3v) is 6.12. The van der Waals surface area contributed by atoms with E-state index in [9.17, 15) is 4.79 Å². The Hall–Kier alpha value is -2.87. The highest BCUT2D eigenvalue weighted by molar-refractivity contribution is 5.94. The highest BCUT2D eigenvalue weighted by Gasteiger charge is 2.33. The maximum Gasteiger partial charge on any atom is 0.323 e. The number of carbonyl (C=O) groups excluding carboxylic acids is 1. The number of aromatic nitrogens is 2. The van der Waals surface area contributed by atoms with Crippen molar-refractivity contribution in [1.29, 1.82) is 0 Å². The lowest BCUT2D eigenvalue weighted by Crippen LogP contribution is -2.49. The molecular formula is C21H27N7O. The second-order valence-electron chi connectivity index (χ2n) is 8.18. The van der Waals surface area contributed by atoms with Crippen molar-refractivity contribution in [2.24, 2.45) is 5.73 Å². The van der Waals surface area contributed by atoms with Crippen LogP contribution >= 0.6 is 0 Å². The monoisotopic (exact) mass is 393 g/mol. The fraction of sp³-hybridized carbons (Fsp3) is 0.476. The maximum atomic E-state index is 12.5. The van der Waals surface area contributed by atoms with Crippen LogP contribution in [0.25, 0.3) is 0 Å². The van der Waals surface area contributed by atoms with Crippen LogP contribution in [0, 0.1) is 0 Å². The number of fused-ring (bicyclic) bond motifs is 1. The van der Waals surface area contributed by atoms with Crippen molar-refractivity contribution >= 4 is 29.2 Å². The van der Waals surface area contributed by atoms with Crippen LogP contribution in [-0.2, 0) is 6.54 Å². The lowest BCUT2D eigenvalue weighted by Gasteiger charge is -2.33. The number of hydrogen-bond donors (Lipinski definition) is 3. The first-order chi connectivity index (χ1) is 14.2. The molecular weight excluding hydrogens is 366 g/mol. The van der Waals surface area contributed by atoms with Gasteiger partial charge in [-0.25, -0.2) is 9.78 Å². The molecule has 1 saturated heterocycles. The number of nitrogens with one attached hydrogen (secondary N) is 2. The maximum absolute atomic E-state index is 12.5. The molecule has 3 aliphatic rings. The number of nitrogens with two attached hydrogens (primary N) is 1. The molecule has 8 heteroatoms. The molecule has 0 radical (unpaired) electrons. The fourth-order valence-corrected chi connectivity index (χ4v) is 4.55. The zero-order valence-corrected chi connectivity index (χ0v) is 16.5. The molecule has 4 N–H and O–H groups in total. The molecule has 2 aliphatic heterocycles. The number of carbonyl (C=O) groups is 1. The minimum atomic E-state index is -0.0535. The van der Waals surface area contributed by atoms with Crippen LogP contribution in [0.1, 0.15) is 37.7 Å². The van der Waals surface area contributed by atoms with E-state index in [-0.39, 0.29) is 18.1 Å². The van der Waals surface area contributed by atoms with Crippen LogP contribution in [0.4, 0.5) is 27.9 Å². The summed E-state index contributed by atoms with van der Waals surface area (Å²) in [4.78, 5) is 25.8. The zero-order valence-electron chi connectivity index (χ0n) is 16.5. The molecule has 0 bridgehead atoms. The first kappa shape index (κ1) is 18.2. The summed E-state index contributed by atoms with van der Waals surface area (Å²) in [5.41, 5.74) is 9.08. The number of rotatable bonds is 4. The Kier molecular flexibility index (Phi) is 4.71. The Balaban J connectivity index is 1.35. The largest absolute Gasteiger partial charge is 0.370 e. The number of hydrogen-bond acceptors (Lipinski definition) is 6. The van der Waals surface area contributed by atoms with Crippen LogP contribution in [0.3, 0.4) is 0 Å². The average molecular weight is 393 g/mol. The van der Waals surface area contributed by atoms with Crippen LogP contribution in [0.2, 0.25) is 0 Å². The predicted molar refractivity (Wildman–Crippen MR) is 114 cm³/mol. The number of amides is 2. The number of anilines is 4. The summed E-state index contributed by atoms with van der Waals surface area (Å²) in [5, 5.41) is 6.23. The minimum Gasteiger partial charge on any atom is -0.370 e. The molecule has 3 heterocycles. The normalized spacial score (nSPS) is 22.0. The topological polar surface area (TPSA) is 99.4 Å². The molecule has 152 valence electrons. The Morgan fingerprint density at radius 2 is 1.93 bits per heavy atom.